The molecule has 0 bridgehead atoms. The highest BCUT2D eigenvalue weighted by molar-refractivity contribution is 7.98. The molecule has 2 aromatic carbocycles. The van der Waals surface area contributed by atoms with Gasteiger partial charge in [0.2, 0.25) is 0 Å². The van der Waals surface area contributed by atoms with Gasteiger partial charge >= 0.3 is 0 Å². The van der Waals surface area contributed by atoms with Crippen molar-refractivity contribution in [2.45, 2.75) is 37.6 Å². The van der Waals surface area contributed by atoms with Crippen LogP contribution in [0.2, 0.25) is 10.0 Å². The fourth-order valence-electron chi connectivity index (χ4n) is 5.40. The van der Waals surface area contributed by atoms with Crippen molar-refractivity contribution in [3.63, 3.8) is 0 Å². The third-order valence-corrected chi connectivity index (χ3v) is 8.58. The van der Waals surface area contributed by atoms with Gasteiger partial charge in [0, 0.05) is 44.0 Å². The van der Waals surface area contributed by atoms with Gasteiger partial charge in [-0.2, -0.15) is 0 Å². The second kappa shape index (κ2) is 11.3. The molecular formula is C28H33Cl2FN2O4S. The van der Waals surface area contributed by atoms with Crippen molar-refractivity contribution >= 4 is 44.7 Å². The van der Waals surface area contributed by atoms with Gasteiger partial charge in [-0.25, -0.2) is 8.60 Å². The summed E-state index contributed by atoms with van der Waals surface area (Å²) in [5.74, 6) is 3.49. The van der Waals surface area contributed by atoms with Gasteiger partial charge in [-0.3, -0.25) is 14.4 Å². The van der Waals surface area contributed by atoms with E-state index in [1.165, 1.54) is 12.3 Å². The first-order valence-corrected chi connectivity index (χ1v) is 15.8. The number of nitrogens with one attached hydrogen (secondary N) is 1. The van der Waals surface area contributed by atoms with Crippen LogP contribution in [0.4, 0.5) is 4.39 Å². The zero-order valence-electron chi connectivity index (χ0n) is 21.4. The van der Waals surface area contributed by atoms with Crippen molar-refractivity contribution in [1.29, 1.82) is 0 Å². The summed E-state index contributed by atoms with van der Waals surface area (Å²) in [6, 6.07) is 8.80. The van der Waals surface area contributed by atoms with E-state index in [9.17, 15) is 13.4 Å². The molecular weight excluding hydrogens is 550 g/mol. The number of nitrogens with zero attached hydrogens (tertiary/aromatic N) is 1. The fraction of sp³-hybridized carbons (Fsp3) is 0.500. The molecule has 5 rings (SSSR count). The van der Waals surface area contributed by atoms with E-state index >= 15 is 0 Å². The van der Waals surface area contributed by atoms with E-state index in [1.54, 1.807) is 12.1 Å². The highest BCUT2D eigenvalue weighted by atomic mass is 35.5. The number of likely N-dealkylation sites (tertiary alicyclic amines) is 1. The van der Waals surface area contributed by atoms with E-state index in [4.69, 9.17) is 32.7 Å². The Kier molecular flexibility index (Phi) is 8.27. The van der Waals surface area contributed by atoms with Gasteiger partial charge in [0.1, 0.15) is 11.6 Å². The Morgan fingerprint density at radius 2 is 1.82 bits per heavy atom. The van der Waals surface area contributed by atoms with E-state index in [-0.39, 0.29) is 17.5 Å². The molecule has 2 heterocycles. The summed E-state index contributed by atoms with van der Waals surface area (Å²) >= 11 is 12.6. The van der Waals surface area contributed by atoms with Gasteiger partial charge < -0.3 is 9.47 Å². The van der Waals surface area contributed by atoms with E-state index in [0.717, 1.165) is 63.1 Å². The number of piperidine rings is 1. The maximum Gasteiger partial charge on any atom is 0.265 e. The maximum absolute atomic E-state index is 14.9. The lowest BCUT2D eigenvalue weighted by Crippen LogP contribution is -2.46. The second-order valence-corrected chi connectivity index (χ2v) is 13.9. The van der Waals surface area contributed by atoms with Gasteiger partial charge in [0.15, 0.2) is 0 Å². The molecule has 2 aliphatic heterocycles. The summed E-state index contributed by atoms with van der Waals surface area (Å²) in [5.41, 5.74) is 1.83. The third-order valence-electron chi connectivity index (χ3n) is 7.52. The van der Waals surface area contributed by atoms with Crippen LogP contribution in [0.3, 0.4) is 0 Å². The molecule has 3 fully saturated rings. The molecule has 2 aromatic rings. The van der Waals surface area contributed by atoms with E-state index in [2.05, 4.69) is 15.5 Å². The van der Waals surface area contributed by atoms with E-state index in [1.807, 2.05) is 12.1 Å². The highest BCUT2D eigenvalue weighted by Gasteiger charge is 2.36. The summed E-state index contributed by atoms with van der Waals surface area (Å²) in [5, 5.41) is 1.27. The van der Waals surface area contributed by atoms with Crippen LogP contribution < -0.4 is 9.46 Å². The number of rotatable bonds is 9. The minimum Gasteiger partial charge on any atom is -0.493 e. The smallest absolute Gasteiger partial charge is 0.265 e. The molecule has 2 atom stereocenters. The van der Waals surface area contributed by atoms with Crippen LogP contribution in [0, 0.1) is 17.7 Å². The SMILES string of the molecule is C=S(C)(=O)NC(=O)c1cc(C2CC2)c(OCC2CCN([C@@H](c3cc(Cl)cc(Cl)c3)C3COC3)CC2)cc1F. The third kappa shape index (κ3) is 6.65. The van der Waals surface area contributed by atoms with Crippen LogP contribution in [-0.4, -0.2) is 60.1 Å². The molecule has 0 spiro atoms. The molecule has 2 saturated heterocycles. The first-order chi connectivity index (χ1) is 18.1. The van der Waals surface area contributed by atoms with Crippen molar-refractivity contribution in [1.82, 2.24) is 9.62 Å². The molecule has 1 saturated carbocycles. The topological polar surface area (TPSA) is 67.9 Å². The number of ether oxygens (including phenoxy) is 2. The number of carbonyl (C=O) groups is 1. The molecule has 6 nitrogen and oxygen atoms in total. The van der Waals surface area contributed by atoms with Crippen molar-refractivity contribution in [3.8, 4) is 5.75 Å². The van der Waals surface area contributed by atoms with Crippen molar-refractivity contribution in [3.05, 3.63) is 62.9 Å². The highest BCUT2D eigenvalue weighted by Crippen LogP contribution is 2.45. The molecule has 10 heteroatoms. The zero-order chi connectivity index (χ0) is 27.0. The quantitative estimate of drug-likeness (QED) is 0.396. The number of hydrogen-bond acceptors (Lipinski definition) is 5. The number of benzene rings is 2. The maximum atomic E-state index is 14.9. The molecule has 1 unspecified atom stereocenters. The van der Waals surface area contributed by atoms with Crippen LogP contribution in [0.25, 0.3) is 0 Å². The molecule has 38 heavy (non-hydrogen) atoms. The lowest BCUT2D eigenvalue weighted by Gasteiger charge is -2.44. The van der Waals surface area contributed by atoms with Gasteiger partial charge in [-0.05, 0) is 91.9 Å². The Balaban J connectivity index is 1.23. The lowest BCUT2D eigenvalue weighted by atomic mass is 9.87. The van der Waals surface area contributed by atoms with Crippen molar-refractivity contribution in [2.75, 3.05) is 39.2 Å². The predicted molar refractivity (Wildman–Crippen MR) is 150 cm³/mol. The Morgan fingerprint density at radius 3 is 2.37 bits per heavy atom. The average Bonchev–Trinajstić information content (AvgIpc) is 3.64. The standard InChI is InChI=1S/C28H33Cl2FN2O4S/c1-38(2,35)32-28(34)24-12-23(18-3-4-18)26(13-25(24)31)37-14-17-5-7-33(8-6-17)27(20-15-36-16-20)19-9-21(29)11-22(30)10-19/h9-13,17-18,20,27H,1,3-8,14-16H2,2H3,(H,32,34,35)/t27-,38?/m0/s1. The van der Waals surface area contributed by atoms with Crippen molar-refractivity contribution < 1.29 is 22.9 Å². The first kappa shape index (κ1) is 27.7. The van der Waals surface area contributed by atoms with Crippen LogP contribution in [0.5, 0.6) is 5.75 Å². The first-order valence-electron chi connectivity index (χ1n) is 13.0. The van der Waals surface area contributed by atoms with E-state index < -0.39 is 21.4 Å². The van der Waals surface area contributed by atoms with Crippen molar-refractivity contribution in [2.24, 2.45) is 11.8 Å². The molecule has 1 aliphatic carbocycles. The summed E-state index contributed by atoms with van der Waals surface area (Å²) in [4.78, 5) is 14.9. The van der Waals surface area contributed by atoms with Crippen LogP contribution in [0.1, 0.15) is 59.1 Å². The Labute approximate surface area is 233 Å². The minimum absolute atomic E-state index is 0.127. The summed E-state index contributed by atoms with van der Waals surface area (Å²) < 4.78 is 40.7. The molecule has 0 aromatic heterocycles. The molecule has 1 amide bonds. The van der Waals surface area contributed by atoms with Gasteiger partial charge in [0.05, 0.1) is 25.4 Å². The molecule has 0 radical (unpaired) electrons. The summed E-state index contributed by atoms with van der Waals surface area (Å²) in [6.07, 6.45) is 5.16. The number of halogens is 3. The minimum atomic E-state index is -2.80. The average molecular weight is 584 g/mol. The Hall–Kier alpha value is -1.84. The molecule has 206 valence electrons. The fourth-order valence-corrected chi connectivity index (χ4v) is 6.45. The predicted octanol–water partition coefficient (Wildman–Crippen LogP) is 5.48. The zero-order valence-corrected chi connectivity index (χ0v) is 23.7. The second-order valence-electron chi connectivity index (χ2n) is 10.8. The van der Waals surface area contributed by atoms with E-state index in [0.29, 0.717) is 34.2 Å². The monoisotopic (exact) mass is 582 g/mol. The van der Waals surface area contributed by atoms with Gasteiger partial charge in [-0.1, -0.05) is 23.2 Å². The van der Waals surface area contributed by atoms with Gasteiger partial charge in [-0.15, -0.1) is 0 Å². The van der Waals surface area contributed by atoms with Crippen LogP contribution >= 0.6 is 23.2 Å². The molecule has 1 N–H and O–H groups in total. The number of carbonyl (C=O) groups excluding carboxylic acids is 1. The number of amides is 1. The molecule has 3 aliphatic rings. The van der Waals surface area contributed by atoms with Crippen LogP contribution in [0.15, 0.2) is 30.3 Å². The van der Waals surface area contributed by atoms with Gasteiger partial charge in [0.25, 0.3) is 5.91 Å². The normalized spacial score (nSPS) is 21.4. The Bertz CT molecular complexity index is 1290. The largest absolute Gasteiger partial charge is 0.493 e. The number of hydrogen-bond donors (Lipinski definition) is 1. The summed E-state index contributed by atoms with van der Waals surface area (Å²) in [6.45, 7) is 3.75. The summed E-state index contributed by atoms with van der Waals surface area (Å²) in [7, 11) is -2.80. The van der Waals surface area contributed by atoms with Crippen LogP contribution in [-0.2, 0) is 14.4 Å². The lowest BCUT2D eigenvalue weighted by molar-refractivity contribution is -0.0816. The Morgan fingerprint density at radius 1 is 1.16 bits per heavy atom.